The Balaban J connectivity index is 2.02. The van der Waals surface area contributed by atoms with Gasteiger partial charge in [0.2, 0.25) is 5.13 Å². The van der Waals surface area contributed by atoms with E-state index in [2.05, 4.69) is 46.5 Å². The van der Waals surface area contributed by atoms with Gasteiger partial charge in [-0.2, -0.15) is 0 Å². The van der Waals surface area contributed by atoms with Crippen LogP contribution in [-0.4, -0.2) is 21.1 Å². The summed E-state index contributed by atoms with van der Waals surface area (Å²) in [6.07, 6.45) is 0. The highest BCUT2D eigenvalue weighted by molar-refractivity contribution is 7.15. The van der Waals surface area contributed by atoms with Gasteiger partial charge in [-0.25, -0.2) is 0 Å². The van der Waals surface area contributed by atoms with Crippen LogP contribution in [0.1, 0.15) is 23.7 Å². The van der Waals surface area contributed by atoms with Crippen LogP contribution in [0, 0.1) is 0 Å². The molecule has 17 heavy (non-hydrogen) atoms. The Kier molecular flexibility index (Phi) is 4.09. The molecule has 0 aromatic carbocycles. The molecule has 2 heterocycles. The highest BCUT2D eigenvalue weighted by Gasteiger charge is 2.13. The lowest BCUT2D eigenvalue weighted by molar-refractivity contribution is 0.205. The Morgan fingerprint density at radius 1 is 1.35 bits per heavy atom. The second-order valence-corrected chi connectivity index (χ2v) is 6.24. The van der Waals surface area contributed by atoms with Crippen LogP contribution in [0.15, 0.2) is 17.5 Å². The van der Waals surface area contributed by atoms with Gasteiger partial charge in [0.1, 0.15) is 5.01 Å². The quantitative estimate of drug-likeness (QED) is 0.905. The fourth-order valence-corrected chi connectivity index (χ4v) is 2.89. The summed E-state index contributed by atoms with van der Waals surface area (Å²) in [6.45, 7) is 6.15. The topological polar surface area (TPSA) is 55.0 Å². The van der Waals surface area contributed by atoms with Crippen LogP contribution in [0.5, 0.6) is 0 Å². The zero-order valence-electron chi connectivity index (χ0n) is 9.96. The second-order valence-electron chi connectivity index (χ2n) is 4.11. The lowest BCUT2D eigenvalue weighted by Crippen LogP contribution is -2.29. The third kappa shape index (κ3) is 3.49. The minimum absolute atomic E-state index is 0.474. The van der Waals surface area contributed by atoms with Gasteiger partial charge in [-0.1, -0.05) is 17.4 Å². The van der Waals surface area contributed by atoms with Crippen LogP contribution in [0.2, 0.25) is 0 Å². The molecule has 0 fully saturated rings. The van der Waals surface area contributed by atoms with Gasteiger partial charge in [-0.3, -0.25) is 4.90 Å². The van der Waals surface area contributed by atoms with E-state index in [1.165, 1.54) is 16.2 Å². The Hall–Kier alpha value is -0.980. The van der Waals surface area contributed by atoms with Crippen molar-refractivity contribution in [2.45, 2.75) is 33.0 Å². The fourth-order valence-electron chi connectivity index (χ4n) is 1.53. The standard InChI is InChI=1S/C11H16N4S2/c1-8(2)15(6-9-4-3-5-16-9)7-10-13-14-11(12)17-10/h3-5,8H,6-7H2,1-2H3,(H2,12,14). The first-order valence-electron chi connectivity index (χ1n) is 5.49. The number of hydrogen-bond acceptors (Lipinski definition) is 6. The van der Waals surface area contributed by atoms with Gasteiger partial charge in [0.05, 0.1) is 6.54 Å². The molecule has 2 rings (SSSR count). The first-order valence-corrected chi connectivity index (χ1v) is 7.19. The monoisotopic (exact) mass is 268 g/mol. The third-order valence-electron chi connectivity index (χ3n) is 2.49. The molecule has 0 bridgehead atoms. The summed E-state index contributed by atoms with van der Waals surface area (Å²) < 4.78 is 0. The van der Waals surface area contributed by atoms with Crippen LogP contribution < -0.4 is 5.73 Å². The molecule has 0 amide bonds. The molecule has 0 unspecified atom stereocenters. The van der Waals surface area contributed by atoms with E-state index in [1.54, 1.807) is 11.3 Å². The SMILES string of the molecule is CC(C)N(Cc1cccs1)Cc1nnc(N)s1. The molecule has 0 aliphatic heterocycles. The van der Waals surface area contributed by atoms with E-state index >= 15 is 0 Å². The maximum absolute atomic E-state index is 5.59. The first-order chi connectivity index (χ1) is 8.15. The summed E-state index contributed by atoms with van der Waals surface area (Å²) in [7, 11) is 0. The van der Waals surface area contributed by atoms with Gasteiger partial charge < -0.3 is 5.73 Å². The van der Waals surface area contributed by atoms with Gasteiger partial charge >= 0.3 is 0 Å². The van der Waals surface area contributed by atoms with Crippen LogP contribution in [0.4, 0.5) is 5.13 Å². The van der Waals surface area contributed by atoms with E-state index in [0.717, 1.165) is 18.1 Å². The zero-order valence-corrected chi connectivity index (χ0v) is 11.6. The minimum atomic E-state index is 0.474. The van der Waals surface area contributed by atoms with Crippen molar-refractivity contribution in [2.24, 2.45) is 0 Å². The van der Waals surface area contributed by atoms with Crippen molar-refractivity contribution in [2.75, 3.05) is 5.73 Å². The molecule has 2 N–H and O–H groups in total. The summed E-state index contributed by atoms with van der Waals surface area (Å²) in [6, 6.07) is 4.72. The molecule has 0 spiro atoms. The maximum atomic E-state index is 5.59. The summed E-state index contributed by atoms with van der Waals surface area (Å²) in [5, 5.41) is 11.5. The predicted molar refractivity (Wildman–Crippen MR) is 73.0 cm³/mol. The second kappa shape index (κ2) is 5.57. The number of thiophene rings is 1. The van der Waals surface area contributed by atoms with Crippen molar-refractivity contribution in [3.8, 4) is 0 Å². The lowest BCUT2D eigenvalue weighted by atomic mass is 10.3. The van der Waals surface area contributed by atoms with Crippen molar-refractivity contribution >= 4 is 27.8 Å². The molecule has 0 atom stereocenters. The molecule has 6 heteroatoms. The minimum Gasteiger partial charge on any atom is -0.374 e. The number of nitrogens with zero attached hydrogens (tertiary/aromatic N) is 3. The largest absolute Gasteiger partial charge is 0.374 e. The number of hydrogen-bond donors (Lipinski definition) is 1. The lowest BCUT2D eigenvalue weighted by Gasteiger charge is -2.24. The summed E-state index contributed by atoms with van der Waals surface area (Å²) in [4.78, 5) is 3.74. The Morgan fingerprint density at radius 3 is 2.71 bits per heavy atom. The number of nitrogens with two attached hydrogens (primary N) is 1. The Morgan fingerprint density at radius 2 is 2.18 bits per heavy atom. The number of anilines is 1. The maximum Gasteiger partial charge on any atom is 0.203 e. The molecule has 92 valence electrons. The van der Waals surface area contributed by atoms with Gasteiger partial charge in [-0.15, -0.1) is 21.5 Å². The number of nitrogen functional groups attached to an aromatic ring is 1. The third-order valence-corrected chi connectivity index (χ3v) is 4.09. The molecule has 0 saturated heterocycles. The van der Waals surface area contributed by atoms with E-state index in [-0.39, 0.29) is 0 Å². The highest BCUT2D eigenvalue weighted by atomic mass is 32.1. The number of aromatic nitrogens is 2. The Bertz CT molecular complexity index is 450. The first kappa shape index (κ1) is 12.5. The van der Waals surface area contributed by atoms with Crippen molar-refractivity contribution in [3.63, 3.8) is 0 Å². The highest BCUT2D eigenvalue weighted by Crippen LogP contribution is 2.19. The summed E-state index contributed by atoms with van der Waals surface area (Å²) in [5.74, 6) is 0. The number of rotatable bonds is 5. The molecule has 4 nitrogen and oxygen atoms in total. The molecular weight excluding hydrogens is 252 g/mol. The van der Waals surface area contributed by atoms with E-state index in [1.807, 2.05) is 0 Å². The van der Waals surface area contributed by atoms with Gasteiger partial charge in [0, 0.05) is 17.5 Å². The van der Waals surface area contributed by atoms with E-state index < -0.39 is 0 Å². The molecule has 0 aliphatic carbocycles. The van der Waals surface area contributed by atoms with Crippen molar-refractivity contribution in [3.05, 3.63) is 27.4 Å². The van der Waals surface area contributed by atoms with Crippen molar-refractivity contribution in [1.29, 1.82) is 0 Å². The van der Waals surface area contributed by atoms with E-state index in [0.29, 0.717) is 11.2 Å². The fraction of sp³-hybridized carbons (Fsp3) is 0.455. The average molecular weight is 268 g/mol. The summed E-state index contributed by atoms with van der Waals surface area (Å²) >= 11 is 3.25. The zero-order chi connectivity index (χ0) is 12.3. The van der Waals surface area contributed by atoms with E-state index in [9.17, 15) is 0 Å². The van der Waals surface area contributed by atoms with Crippen molar-refractivity contribution < 1.29 is 0 Å². The molecule has 0 saturated carbocycles. The van der Waals surface area contributed by atoms with E-state index in [4.69, 9.17) is 5.73 Å². The Labute approximate surface area is 109 Å². The molecule has 0 aliphatic rings. The van der Waals surface area contributed by atoms with Gasteiger partial charge in [0.15, 0.2) is 0 Å². The van der Waals surface area contributed by atoms with Crippen molar-refractivity contribution in [1.82, 2.24) is 15.1 Å². The van der Waals surface area contributed by atoms with Crippen LogP contribution in [0.3, 0.4) is 0 Å². The van der Waals surface area contributed by atoms with Gasteiger partial charge in [0.25, 0.3) is 0 Å². The smallest absolute Gasteiger partial charge is 0.203 e. The molecular formula is C11H16N4S2. The van der Waals surface area contributed by atoms with Crippen LogP contribution >= 0.6 is 22.7 Å². The normalized spacial score (nSPS) is 11.5. The predicted octanol–water partition coefficient (Wildman–Crippen LogP) is 2.59. The molecule has 2 aromatic rings. The van der Waals surface area contributed by atoms with Crippen LogP contribution in [0.25, 0.3) is 0 Å². The average Bonchev–Trinajstić information content (AvgIpc) is 2.89. The van der Waals surface area contributed by atoms with Gasteiger partial charge in [-0.05, 0) is 25.3 Å². The van der Waals surface area contributed by atoms with Crippen LogP contribution in [-0.2, 0) is 13.1 Å². The molecule has 0 radical (unpaired) electrons. The molecule has 2 aromatic heterocycles. The summed E-state index contributed by atoms with van der Waals surface area (Å²) in [5.41, 5.74) is 5.59.